The first-order valence-corrected chi connectivity index (χ1v) is 7.27. The molecular formula is C14H30N2O2. The van der Waals surface area contributed by atoms with Gasteiger partial charge in [0.2, 0.25) is 0 Å². The van der Waals surface area contributed by atoms with E-state index in [2.05, 4.69) is 31.0 Å². The standard InChI is InChI=1S/C14H30N2O2/c1-4-6-15-10-14(5-9-18-12-14)11-16(7-8-17)13(2)3/h13,15,17H,4-12H2,1-3H3. The maximum atomic E-state index is 9.17. The third-order valence-corrected chi connectivity index (χ3v) is 3.77. The molecular weight excluding hydrogens is 228 g/mol. The summed E-state index contributed by atoms with van der Waals surface area (Å²) in [6.45, 7) is 12.4. The van der Waals surface area contributed by atoms with Crippen molar-refractivity contribution < 1.29 is 9.84 Å². The molecule has 108 valence electrons. The third-order valence-electron chi connectivity index (χ3n) is 3.77. The Morgan fingerprint density at radius 3 is 2.72 bits per heavy atom. The van der Waals surface area contributed by atoms with Crippen LogP contribution in [0.5, 0.6) is 0 Å². The van der Waals surface area contributed by atoms with Crippen molar-refractivity contribution >= 4 is 0 Å². The van der Waals surface area contributed by atoms with E-state index < -0.39 is 0 Å². The molecule has 1 saturated heterocycles. The number of aliphatic hydroxyl groups excluding tert-OH is 1. The Labute approximate surface area is 112 Å². The van der Waals surface area contributed by atoms with Crippen molar-refractivity contribution in [2.24, 2.45) is 5.41 Å². The van der Waals surface area contributed by atoms with Crippen molar-refractivity contribution in [3.8, 4) is 0 Å². The normalized spacial score (nSPS) is 24.3. The van der Waals surface area contributed by atoms with E-state index in [-0.39, 0.29) is 12.0 Å². The highest BCUT2D eigenvalue weighted by Crippen LogP contribution is 2.29. The van der Waals surface area contributed by atoms with Gasteiger partial charge in [-0.05, 0) is 33.2 Å². The first kappa shape index (κ1) is 15.9. The lowest BCUT2D eigenvalue weighted by atomic mass is 9.86. The minimum atomic E-state index is 0.231. The Hall–Kier alpha value is -0.160. The number of hydrogen-bond acceptors (Lipinski definition) is 4. The summed E-state index contributed by atoms with van der Waals surface area (Å²) in [5, 5.41) is 12.7. The monoisotopic (exact) mass is 258 g/mol. The van der Waals surface area contributed by atoms with E-state index in [4.69, 9.17) is 9.84 Å². The van der Waals surface area contributed by atoms with Crippen molar-refractivity contribution in [3.63, 3.8) is 0 Å². The van der Waals surface area contributed by atoms with Gasteiger partial charge in [-0.3, -0.25) is 4.90 Å². The molecule has 1 aliphatic heterocycles. The van der Waals surface area contributed by atoms with Gasteiger partial charge in [-0.15, -0.1) is 0 Å². The summed E-state index contributed by atoms with van der Waals surface area (Å²) in [5.41, 5.74) is 0.231. The third kappa shape index (κ3) is 4.84. The molecule has 0 amide bonds. The number of rotatable bonds is 9. The minimum Gasteiger partial charge on any atom is -0.395 e. The molecule has 0 aromatic rings. The highest BCUT2D eigenvalue weighted by Gasteiger charge is 2.36. The molecule has 1 heterocycles. The fraction of sp³-hybridized carbons (Fsp3) is 1.00. The molecule has 18 heavy (non-hydrogen) atoms. The molecule has 4 nitrogen and oxygen atoms in total. The van der Waals surface area contributed by atoms with E-state index in [0.29, 0.717) is 6.04 Å². The molecule has 0 aromatic heterocycles. The van der Waals surface area contributed by atoms with E-state index in [1.54, 1.807) is 0 Å². The summed E-state index contributed by atoms with van der Waals surface area (Å²) in [4.78, 5) is 2.36. The first-order chi connectivity index (χ1) is 8.63. The van der Waals surface area contributed by atoms with Crippen LogP contribution in [0.2, 0.25) is 0 Å². The molecule has 0 spiro atoms. The Morgan fingerprint density at radius 1 is 1.44 bits per heavy atom. The van der Waals surface area contributed by atoms with Gasteiger partial charge < -0.3 is 15.2 Å². The number of ether oxygens (including phenoxy) is 1. The molecule has 0 aromatic carbocycles. The van der Waals surface area contributed by atoms with Crippen LogP contribution in [0.3, 0.4) is 0 Å². The average Bonchev–Trinajstić information content (AvgIpc) is 2.78. The van der Waals surface area contributed by atoms with Crippen LogP contribution in [-0.4, -0.2) is 62.0 Å². The second-order valence-electron chi connectivity index (χ2n) is 5.77. The molecule has 1 unspecified atom stereocenters. The van der Waals surface area contributed by atoms with Crippen molar-refractivity contribution in [2.45, 2.75) is 39.7 Å². The van der Waals surface area contributed by atoms with Gasteiger partial charge in [0.25, 0.3) is 0 Å². The lowest BCUT2D eigenvalue weighted by molar-refractivity contribution is 0.0802. The maximum Gasteiger partial charge on any atom is 0.0558 e. The Kier molecular flexibility index (Phi) is 7.15. The molecule has 0 bridgehead atoms. The van der Waals surface area contributed by atoms with Crippen LogP contribution in [0.25, 0.3) is 0 Å². The lowest BCUT2D eigenvalue weighted by Crippen LogP contribution is -2.47. The van der Waals surface area contributed by atoms with E-state index in [1.165, 1.54) is 6.42 Å². The van der Waals surface area contributed by atoms with Crippen molar-refractivity contribution in [2.75, 3.05) is 46.0 Å². The fourth-order valence-electron chi connectivity index (χ4n) is 2.58. The van der Waals surface area contributed by atoms with Gasteiger partial charge >= 0.3 is 0 Å². The molecule has 2 N–H and O–H groups in total. The van der Waals surface area contributed by atoms with Crippen LogP contribution >= 0.6 is 0 Å². The fourth-order valence-corrected chi connectivity index (χ4v) is 2.58. The van der Waals surface area contributed by atoms with Crippen LogP contribution in [0.15, 0.2) is 0 Å². The van der Waals surface area contributed by atoms with Gasteiger partial charge in [-0.1, -0.05) is 6.92 Å². The lowest BCUT2D eigenvalue weighted by Gasteiger charge is -2.36. The van der Waals surface area contributed by atoms with E-state index >= 15 is 0 Å². The average molecular weight is 258 g/mol. The number of nitrogens with zero attached hydrogens (tertiary/aromatic N) is 1. The molecule has 1 fully saturated rings. The zero-order valence-electron chi connectivity index (χ0n) is 12.2. The zero-order valence-corrected chi connectivity index (χ0v) is 12.2. The summed E-state index contributed by atoms with van der Waals surface area (Å²) < 4.78 is 5.62. The van der Waals surface area contributed by atoms with Crippen LogP contribution < -0.4 is 5.32 Å². The highest BCUT2D eigenvalue weighted by atomic mass is 16.5. The van der Waals surface area contributed by atoms with Crippen molar-refractivity contribution in [3.05, 3.63) is 0 Å². The second-order valence-corrected chi connectivity index (χ2v) is 5.77. The molecule has 1 atom stereocenters. The quantitative estimate of drug-likeness (QED) is 0.608. The largest absolute Gasteiger partial charge is 0.395 e. The van der Waals surface area contributed by atoms with Gasteiger partial charge in [0, 0.05) is 37.7 Å². The van der Waals surface area contributed by atoms with Gasteiger partial charge in [0.15, 0.2) is 0 Å². The smallest absolute Gasteiger partial charge is 0.0558 e. The van der Waals surface area contributed by atoms with Crippen LogP contribution in [-0.2, 0) is 4.74 Å². The minimum absolute atomic E-state index is 0.231. The summed E-state index contributed by atoms with van der Waals surface area (Å²) in [5.74, 6) is 0. The van der Waals surface area contributed by atoms with Gasteiger partial charge in [-0.2, -0.15) is 0 Å². The van der Waals surface area contributed by atoms with E-state index in [0.717, 1.165) is 45.8 Å². The first-order valence-electron chi connectivity index (χ1n) is 7.27. The van der Waals surface area contributed by atoms with Crippen LogP contribution in [0.4, 0.5) is 0 Å². The molecule has 0 saturated carbocycles. The van der Waals surface area contributed by atoms with Crippen LogP contribution in [0, 0.1) is 5.41 Å². The number of nitrogens with one attached hydrogen (secondary N) is 1. The van der Waals surface area contributed by atoms with Gasteiger partial charge in [0.1, 0.15) is 0 Å². The number of hydrogen-bond donors (Lipinski definition) is 2. The van der Waals surface area contributed by atoms with E-state index in [1.807, 2.05) is 0 Å². The van der Waals surface area contributed by atoms with Gasteiger partial charge in [0.05, 0.1) is 13.2 Å². The SMILES string of the molecule is CCCNCC1(CN(CCO)C(C)C)CCOC1. The molecule has 1 aliphatic rings. The number of aliphatic hydroxyl groups is 1. The van der Waals surface area contributed by atoms with Crippen LogP contribution in [0.1, 0.15) is 33.6 Å². The van der Waals surface area contributed by atoms with Crippen molar-refractivity contribution in [1.29, 1.82) is 0 Å². The second kappa shape index (κ2) is 8.10. The summed E-state index contributed by atoms with van der Waals surface area (Å²) in [6, 6.07) is 0.473. The van der Waals surface area contributed by atoms with Crippen molar-refractivity contribution in [1.82, 2.24) is 10.2 Å². The Bertz CT molecular complexity index is 216. The predicted octanol–water partition coefficient (Wildman–Crippen LogP) is 1.10. The molecule has 4 heteroatoms. The van der Waals surface area contributed by atoms with E-state index in [9.17, 15) is 0 Å². The maximum absolute atomic E-state index is 9.17. The predicted molar refractivity (Wildman–Crippen MR) is 74.8 cm³/mol. The summed E-state index contributed by atoms with van der Waals surface area (Å²) >= 11 is 0. The Morgan fingerprint density at radius 2 is 2.22 bits per heavy atom. The summed E-state index contributed by atoms with van der Waals surface area (Å²) in [7, 11) is 0. The zero-order chi connectivity index (χ0) is 13.4. The topological polar surface area (TPSA) is 44.7 Å². The summed E-state index contributed by atoms with van der Waals surface area (Å²) in [6.07, 6.45) is 2.29. The van der Waals surface area contributed by atoms with Gasteiger partial charge in [-0.25, -0.2) is 0 Å². The Balaban J connectivity index is 2.54. The molecule has 0 aliphatic carbocycles. The highest BCUT2D eigenvalue weighted by molar-refractivity contribution is 4.89. The molecule has 0 radical (unpaired) electrons. The molecule has 1 rings (SSSR count).